The minimum atomic E-state index is 0. The van der Waals surface area contributed by atoms with Gasteiger partial charge in [-0.25, -0.2) is 0 Å². The van der Waals surface area contributed by atoms with Crippen LogP contribution < -0.4 is 5.32 Å². The van der Waals surface area contributed by atoms with Gasteiger partial charge in [0.25, 0.3) is 0 Å². The number of rotatable bonds is 2. The molecule has 1 heterocycles. The molecule has 0 radical (unpaired) electrons. The van der Waals surface area contributed by atoms with E-state index in [1.807, 2.05) is 6.08 Å². The van der Waals surface area contributed by atoms with Gasteiger partial charge >= 0.3 is 0 Å². The van der Waals surface area contributed by atoms with E-state index in [1.54, 1.807) is 0 Å². The Labute approximate surface area is 74.4 Å². The molecule has 0 aliphatic carbocycles. The van der Waals surface area contributed by atoms with Crippen LogP contribution in [0, 0.1) is 0 Å². The highest BCUT2D eigenvalue weighted by Crippen LogP contribution is 2.16. The van der Waals surface area contributed by atoms with Gasteiger partial charge in [0.15, 0.2) is 0 Å². The van der Waals surface area contributed by atoms with Crippen LogP contribution in [0.5, 0.6) is 0 Å². The maximum atomic E-state index is 5.57. The third-order valence-electron chi connectivity index (χ3n) is 1.80. The van der Waals surface area contributed by atoms with E-state index >= 15 is 0 Å². The minimum absolute atomic E-state index is 0. The third-order valence-corrected chi connectivity index (χ3v) is 1.80. The first kappa shape index (κ1) is 11.0. The molecule has 3 heteroatoms. The molecule has 1 unspecified atom stereocenters. The summed E-state index contributed by atoms with van der Waals surface area (Å²) in [6.07, 6.45) is 2.84. The number of hydrogen-bond acceptors (Lipinski definition) is 2. The van der Waals surface area contributed by atoms with Crippen molar-refractivity contribution >= 4 is 12.4 Å². The monoisotopic (exact) mass is 177 g/mol. The van der Waals surface area contributed by atoms with Crippen molar-refractivity contribution in [3.05, 3.63) is 12.7 Å². The number of morpholine rings is 1. The average Bonchev–Trinajstić information content (AvgIpc) is 1.89. The smallest absolute Gasteiger partial charge is 0.0813 e. The maximum Gasteiger partial charge on any atom is 0.0813 e. The summed E-state index contributed by atoms with van der Waals surface area (Å²) in [5.74, 6) is 0. The van der Waals surface area contributed by atoms with Crippen molar-refractivity contribution in [2.75, 3.05) is 19.7 Å². The lowest BCUT2D eigenvalue weighted by Crippen LogP contribution is -2.47. The predicted molar refractivity (Wildman–Crippen MR) is 49.3 cm³/mol. The van der Waals surface area contributed by atoms with E-state index in [0.29, 0.717) is 0 Å². The summed E-state index contributed by atoms with van der Waals surface area (Å²) in [6, 6.07) is 0. The van der Waals surface area contributed by atoms with Gasteiger partial charge in [-0.05, 0) is 13.3 Å². The van der Waals surface area contributed by atoms with Gasteiger partial charge in [0, 0.05) is 13.1 Å². The number of hydrogen-bond donors (Lipinski definition) is 1. The zero-order valence-electron chi connectivity index (χ0n) is 6.93. The van der Waals surface area contributed by atoms with Crippen molar-refractivity contribution in [3.8, 4) is 0 Å². The number of ether oxygens (including phenoxy) is 1. The van der Waals surface area contributed by atoms with Crippen LogP contribution in [0.2, 0.25) is 0 Å². The lowest BCUT2D eigenvalue weighted by molar-refractivity contribution is -0.0498. The molecule has 0 amide bonds. The second kappa shape index (κ2) is 4.75. The molecule has 1 rings (SSSR count). The lowest BCUT2D eigenvalue weighted by atomic mass is 10.0. The zero-order valence-corrected chi connectivity index (χ0v) is 7.75. The van der Waals surface area contributed by atoms with Gasteiger partial charge in [-0.2, -0.15) is 0 Å². The van der Waals surface area contributed by atoms with Crippen molar-refractivity contribution < 1.29 is 4.74 Å². The molecule has 1 saturated heterocycles. The van der Waals surface area contributed by atoms with Crippen LogP contribution in [0.15, 0.2) is 12.7 Å². The largest absolute Gasteiger partial charge is 0.372 e. The van der Waals surface area contributed by atoms with E-state index in [2.05, 4.69) is 18.8 Å². The lowest BCUT2D eigenvalue weighted by Gasteiger charge is -2.33. The van der Waals surface area contributed by atoms with E-state index < -0.39 is 0 Å². The molecule has 1 atom stereocenters. The third kappa shape index (κ3) is 3.23. The van der Waals surface area contributed by atoms with Crippen LogP contribution in [-0.4, -0.2) is 25.3 Å². The van der Waals surface area contributed by atoms with Crippen LogP contribution in [0.3, 0.4) is 0 Å². The molecule has 1 aliphatic rings. The summed E-state index contributed by atoms with van der Waals surface area (Å²) < 4.78 is 5.57. The highest BCUT2D eigenvalue weighted by molar-refractivity contribution is 5.85. The molecule has 0 saturated carbocycles. The molecular formula is C8H16ClNO. The minimum Gasteiger partial charge on any atom is -0.372 e. The summed E-state index contributed by atoms with van der Waals surface area (Å²) in [4.78, 5) is 0. The van der Waals surface area contributed by atoms with Crippen molar-refractivity contribution in [2.24, 2.45) is 0 Å². The van der Waals surface area contributed by atoms with E-state index in [-0.39, 0.29) is 18.0 Å². The van der Waals surface area contributed by atoms with Crippen LogP contribution in [-0.2, 0) is 4.74 Å². The SMILES string of the molecule is C=CCC1(C)CNCCO1.Cl. The zero-order chi connectivity index (χ0) is 7.45. The first-order chi connectivity index (χ1) is 4.77. The van der Waals surface area contributed by atoms with Gasteiger partial charge < -0.3 is 10.1 Å². The van der Waals surface area contributed by atoms with Crippen LogP contribution in [0.4, 0.5) is 0 Å². The molecule has 0 aromatic heterocycles. The Morgan fingerprint density at radius 2 is 2.45 bits per heavy atom. The molecule has 11 heavy (non-hydrogen) atoms. The van der Waals surface area contributed by atoms with E-state index in [9.17, 15) is 0 Å². The second-order valence-corrected chi connectivity index (χ2v) is 2.97. The van der Waals surface area contributed by atoms with Gasteiger partial charge in [-0.1, -0.05) is 6.08 Å². The molecule has 0 spiro atoms. The van der Waals surface area contributed by atoms with Crippen molar-refractivity contribution in [2.45, 2.75) is 18.9 Å². The van der Waals surface area contributed by atoms with E-state index in [0.717, 1.165) is 26.1 Å². The predicted octanol–water partition coefficient (Wildman–Crippen LogP) is 1.36. The fourth-order valence-electron chi connectivity index (χ4n) is 1.21. The summed E-state index contributed by atoms with van der Waals surface area (Å²) in [7, 11) is 0. The topological polar surface area (TPSA) is 21.3 Å². The first-order valence-electron chi connectivity index (χ1n) is 3.72. The van der Waals surface area contributed by atoms with Gasteiger partial charge in [0.05, 0.1) is 12.2 Å². The summed E-state index contributed by atoms with van der Waals surface area (Å²) in [6.45, 7) is 8.55. The first-order valence-corrected chi connectivity index (χ1v) is 3.72. The maximum absolute atomic E-state index is 5.57. The van der Waals surface area contributed by atoms with Crippen LogP contribution in [0.1, 0.15) is 13.3 Å². The quantitative estimate of drug-likeness (QED) is 0.644. The molecule has 66 valence electrons. The van der Waals surface area contributed by atoms with Crippen molar-refractivity contribution in [3.63, 3.8) is 0 Å². The fourth-order valence-corrected chi connectivity index (χ4v) is 1.21. The van der Waals surface area contributed by atoms with E-state index in [1.165, 1.54) is 0 Å². The molecule has 1 N–H and O–H groups in total. The fraction of sp³-hybridized carbons (Fsp3) is 0.750. The Kier molecular flexibility index (Phi) is 4.73. The second-order valence-electron chi connectivity index (χ2n) is 2.97. The highest BCUT2D eigenvalue weighted by atomic mass is 35.5. The van der Waals surface area contributed by atoms with Crippen molar-refractivity contribution in [1.82, 2.24) is 5.32 Å². The highest BCUT2D eigenvalue weighted by Gasteiger charge is 2.25. The molecule has 0 bridgehead atoms. The van der Waals surface area contributed by atoms with Crippen LogP contribution in [0.25, 0.3) is 0 Å². The normalized spacial score (nSPS) is 30.6. The van der Waals surface area contributed by atoms with Gasteiger partial charge in [0.2, 0.25) is 0 Å². The molecule has 0 aromatic carbocycles. The Hall–Kier alpha value is -0.0500. The molecule has 2 nitrogen and oxygen atoms in total. The molecule has 1 fully saturated rings. The standard InChI is InChI=1S/C8H15NO.ClH/c1-3-4-8(2)7-9-5-6-10-8;/h3,9H,1,4-7H2,2H3;1H. The summed E-state index contributed by atoms with van der Waals surface area (Å²) >= 11 is 0. The Bertz CT molecular complexity index is 121. The Morgan fingerprint density at radius 1 is 1.73 bits per heavy atom. The van der Waals surface area contributed by atoms with Gasteiger partial charge in [-0.15, -0.1) is 19.0 Å². The van der Waals surface area contributed by atoms with Crippen molar-refractivity contribution in [1.29, 1.82) is 0 Å². The molecule has 0 aromatic rings. The van der Waals surface area contributed by atoms with Gasteiger partial charge in [-0.3, -0.25) is 0 Å². The number of nitrogens with one attached hydrogen (secondary N) is 1. The molecular weight excluding hydrogens is 162 g/mol. The Balaban J connectivity index is 0.000001000. The summed E-state index contributed by atoms with van der Waals surface area (Å²) in [5, 5.41) is 3.29. The average molecular weight is 178 g/mol. The number of halogens is 1. The van der Waals surface area contributed by atoms with Crippen LogP contribution >= 0.6 is 12.4 Å². The van der Waals surface area contributed by atoms with E-state index in [4.69, 9.17) is 4.74 Å². The molecule has 1 aliphatic heterocycles. The summed E-state index contributed by atoms with van der Waals surface area (Å²) in [5.41, 5.74) is 0. The Morgan fingerprint density at radius 3 is 2.91 bits per heavy atom. The van der Waals surface area contributed by atoms with Gasteiger partial charge in [0.1, 0.15) is 0 Å².